The van der Waals surface area contributed by atoms with Crippen LogP contribution in [0.15, 0.2) is 12.1 Å². The summed E-state index contributed by atoms with van der Waals surface area (Å²) < 4.78 is 29.9. The second kappa shape index (κ2) is 5.34. The number of alkyl halides is 2. The van der Waals surface area contributed by atoms with Crippen molar-refractivity contribution < 1.29 is 18.3 Å². The molecule has 0 fully saturated rings. The van der Waals surface area contributed by atoms with Gasteiger partial charge in [-0.2, -0.15) is 0 Å². The Kier molecular flexibility index (Phi) is 4.37. The monoisotopic (exact) mass is 327 g/mol. The van der Waals surface area contributed by atoms with Crippen LogP contribution in [0.1, 0.15) is 29.5 Å². The summed E-state index contributed by atoms with van der Waals surface area (Å²) in [5.41, 5.74) is -0.478. The number of carbonyl (C=O) groups excluding carboxylic acids is 1. The summed E-state index contributed by atoms with van der Waals surface area (Å²) in [6.07, 6.45) is -2.69. The van der Waals surface area contributed by atoms with Crippen molar-refractivity contribution in [2.45, 2.75) is 13.3 Å². The molecule has 0 unspecified atom stereocenters. The van der Waals surface area contributed by atoms with E-state index in [0.29, 0.717) is 3.57 Å². The van der Waals surface area contributed by atoms with E-state index in [1.807, 2.05) is 0 Å². The summed E-state index contributed by atoms with van der Waals surface area (Å²) in [5.74, 6) is -0.684. The number of hydrogen-bond donors (Lipinski definition) is 0. The smallest absolute Gasteiger partial charge is 0.356 e. The lowest BCUT2D eigenvalue weighted by molar-refractivity contribution is 0.0518. The highest BCUT2D eigenvalue weighted by Gasteiger charge is 2.17. The van der Waals surface area contributed by atoms with Crippen LogP contribution < -0.4 is 0 Å². The fourth-order valence-electron chi connectivity index (χ4n) is 0.930. The van der Waals surface area contributed by atoms with Gasteiger partial charge < -0.3 is 4.74 Å². The molecule has 0 N–H and O–H groups in total. The highest BCUT2D eigenvalue weighted by Crippen LogP contribution is 2.22. The average Bonchev–Trinajstić information content (AvgIpc) is 2.18. The Hall–Kier alpha value is -0.790. The summed E-state index contributed by atoms with van der Waals surface area (Å²) in [4.78, 5) is 14.8. The number of pyridine rings is 1. The van der Waals surface area contributed by atoms with E-state index in [-0.39, 0.29) is 18.0 Å². The van der Waals surface area contributed by atoms with Crippen molar-refractivity contribution in [1.29, 1.82) is 0 Å². The molecule has 0 saturated carbocycles. The van der Waals surface area contributed by atoms with Gasteiger partial charge in [0.25, 0.3) is 6.43 Å². The van der Waals surface area contributed by atoms with Crippen LogP contribution in [0.2, 0.25) is 0 Å². The molecule has 1 aromatic heterocycles. The number of aromatic nitrogens is 1. The molecule has 15 heavy (non-hydrogen) atoms. The Morgan fingerprint density at radius 1 is 1.60 bits per heavy atom. The van der Waals surface area contributed by atoms with Crippen LogP contribution in [0, 0.1) is 3.57 Å². The first-order valence-corrected chi connectivity index (χ1v) is 5.25. The van der Waals surface area contributed by atoms with E-state index in [0.717, 1.165) is 0 Å². The van der Waals surface area contributed by atoms with Gasteiger partial charge in [-0.3, -0.25) is 0 Å². The predicted octanol–water partition coefficient (Wildman–Crippen LogP) is 2.80. The lowest BCUT2D eigenvalue weighted by Gasteiger charge is -2.05. The van der Waals surface area contributed by atoms with Gasteiger partial charge in [-0.05, 0) is 41.6 Å². The molecule has 0 atom stereocenters. The first-order valence-electron chi connectivity index (χ1n) is 4.18. The van der Waals surface area contributed by atoms with Crippen molar-refractivity contribution in [1.82, 2.24) is 4.98 Å². The molecule has 1 heterocycles. The molecule has 1 aromatic rings. The molecule has 1 rings (SSSR count). The van der Waals surface area contributed by atoms with Gasteiger partial charge in [-0.25, -0.2) is 18.6 Å². The zero-order valence-corrected chi connectivity index (χ0v) is 9.99. The molecule has 0 aliphatic carbocycles. The van der Waals surface area contributed by atoms with Crippen molar-refractivity contribution in [2.75, 3.05) is 6.61 Å². The lowest BCUT2D eigenvalue weighted by Crippen LogP contribution is -2.09. The number of rotatable bonds is 3. The number of ether oxygens (including phenoxy) is 1. The predicted molar refractivity (Wildman–Crippen MR) is 57.9 cm³/mol. The number of carbonyl (C=O) groups is 1. The molecule has 0 amide bonds. The van der Waals surface area contributed by atoms with Gasteiger partial charge in [0.2, 0.25) is 0 Å². The molecule has 0 spiro atoms. The fourth-order valence-corrected chi connectivity index (χ4v) is 1.47. The SMILES string of the molecule is CCOC(=O)c1ccc(I)c(C(F)F)n1. The molecule has 82 valence electrons. The summed E-state index contributed by atoms with van der Waals surface area (Å²) >= 11 is 1.74. The molecule has 0 saturated heterocycles. The van der Waals surface area contributed by atoms with Crippen molar-refractivity contribution in [2.24, 2.45) is 0 Å². The van der Waals surface area contributed by atoms with Crippen molar-refractivity contribution in [3.8, 4) is 0 Å². The molecule has 0 aliphatic heterocycles. The minimum absolute atomic E-state index is 0.0902. The average molecular weight is 327 g/mol. The third-order valence-electron chi connectivity index (χ3n) is 1.56. The largest absolute Gasteiger partial charge is 0.461 e. The van der Waals surface area contributed by atoms with E-state index in [1.54, 1.807) is 29.5 Å². The van der Waals surface area contributed by atoms with Crippen LogP contribution in [0.4, 0.5) is 8.78 Å². The number of hydrogen-bond acceptors (Lipinski definition) is 3. The van der Waals surface area contributed by atoms with E-state index in [1.165, 1.54) is 12.1 Å². The quantitative estimate of drug-likeness (QED) is 0.633. The maximum atomic E-state index is 12.4. The normalized spacial score (nSPS) is 10.5. The van der Waals surface area contributed by atoms with Gasteiger partial charge in [0.15, 0.2) is 0 Å². The third-order valence-corrected chi connectivity index (χ3v) is 2.48. The number of nitrogens with zero attached hydrogens (tertiary/aromatic N) is 1. The van der Waals surface area contributed by atoms with Crippen molar-refractivity contribution >= 4 is 28.6 Å². The second-order valence-electron chi connectivity index (χ2n) is 2.58. The fraction of sp³-hybridized carbons (Fsp3) is 0.333. The molecular formula is C9H8F2INO2. The molecule has 0 bridgehead atoms. The Bertz CT molecular complexity index is 371. The van der Waals surface area contributed by atoms with Gasteiger partial charge >= 0.3 is 5.97 Å². The minimum Gasteiger partial charge on any atom is -0.461 e. The second-order valence-corrected chi connectivity index (χ2v) is 3.75. The van der Waals surface area contributed by atoms with Gasteiger partial charge in [0.1, 0.15) is 11.4 Å². The maximum absolute atomic E-state index is 12.4. The van der Waals surface area contributed by atoms with Gasteiger partial charge in [0, 0.05) is 3.57 Å². The molecule has 0 aliphatic rings. The first kappa shape index (κ1) is 12.3. The topological polar surface area (TPSA) is 39.2 Å². The van der Waals surface area contributed by atoms with E-state index in [2.05, 4.69) is 9.72 Å². The van der Waals surface area contributed by atoms with Crippen molar-refractivity contribution in [3.63, 3.8) is 0 Å². The highest BCUT2D eigenvalue weighted by molar-refractivity contribution is 14.1. The summed E-state index contributed by atoms with van der Waals surface area (Å²) in [5, 5.41) is 0. The zero-order chi connectivity index (χ0) is 11.4. The van der Waals surface area contributed by atoms with Gasteiger partial charge in [-0.15, -0.1) is 0 Å². The van der Waals surface area contributed by atoms with E-state index in [4.69, 9.17) is 0 Å². The Morgan fingerprint density at radius 2 is 2.27 bits per heavy atom. The molecule has 3 nitrogen and oxygen atoms in total. The van der Waals surface area contributed by atoms with E-state index < -0.39 is 12.4 Å². The number of esters is 1. The van der Waals surface area contributed by atoms with Crippen molar-refractivity contribution in [3.05, 3.63) is 27.1 Å². The lowest BCUT2D eigenvalue weighted by atomic mass is 10.3. The highest BCUT2D eigenvalue weighted by atomic mass is 127. The summed E-state index contributed by atoms with van der Waals surface area (Å²) in [6, 6.07) is 2.78. The Balaban J connectivity index is 3.02. The summed E-state index contributed by atoms with van der Waals surface area (Å²) in [7, 11) is 0. The Morgan fingerprint density at radius 3 is 2.80 bits per heavy atom. The molecule has 0 aromatic carbocycles. The van der Waals surface area contributed by atoms with E-state index in [9.17, 15) is 13.6 Å². The Labute approximate surface area is 99.0 Å². The van der Waals surface area contributed by atoms with Gasteiger partial charge in [-0.1, -0.05) is 0 Å². The minimum atomic E-state index is -2.69. The third kappa shape index (κ3) is 3.08. The van der Waals surface area contributed by atoms with Crippen LogP contribution in [0.3, 0.4) is 0 Å². The summed E-state index contributed by atoms with van der Waals surface area (Å²) in [6.45, 7) is 1.83. The first-order chi connectivity index (χ1) is 7.06. The molecule has 6 heteroatoms. The molecule has 0 radical (unpaired) electrons. The van der Waals surface area contributed by atoms with E-state index >= 15 is 0 Å². The zero-order valence-electron chi connectivity index (χ0n) is 7.84. The number of halogens is 3. The standard InChI is InChI=1S/C9H8F2INO2/c1-2-15-9(14)6-4-3-5(12)7(13-6)8(10)11/h3-4,8H,2H2,1H3. The van der Waals surface area contributed by atoms with Gasteiger partial charge in [0.05, 0.1) is 6.61 Å². The van der Waals surface area contributed by atoms with Crippen LogP contribution in [-0.4, -0.2) is 17.6 Å². The van der Waals surface area contributed by atoms with Crippen LogP contribution in [0.25, 0.3) is 0 Å². The van der Waals surface area contributed by atoms with Crippen LogP contribution >= 0.6 is 22.6 Å². The molecular weight excluding hydrogens is 319 g/mol. The van der Waals surface area contributed by atoms with Crippen LogP contribution in [-0.2, 0) is 4.74 Å². The van der Waals surface area contributed by atoms with Crippen LogP contribution in [0.5, 0.6) is 0 Å². The maximum Gasteiger partial charge on any atom is 0.356 e.